The highest BCUT2D eigenvalue weighted by atomic mass is 16.5. The summed E-state index contributed by atoms with van der Waals surface area (Å²) in [4.78, 5) is 22.6. The normalized spacial score (nSPS) is 18.6. The van der Waals surface area contributed by atoms with Gasteiger partial charge in [0.25, 0.3) is 0 Å². The van der Waals surface area contributed by atoms with Gasteiger partial charge in [-0.15, -0.1) is 0 Å². The zero-order valence-electron chi connectivity index (χ0n) is 11.5. The molecule has 20 heavy (non-hydrogen) atoms. The van der Waals surface area contributed by atoms with Crippen molar-refractivity contribution >= 4 is 11.9 Å². The summed E-state index contributed by atoms with van der Waals surface area (Å²) in [5, 5.41) is 11.5. The number of carboxylic acid groups (broad SMARTS) is 1. The van der Waals surface area contributed by atoms with Crippen molar-refractivity contribution in [2.45, 2.75) is 19.8 Å². The lowest BCUT2D eigenvalue weighted by Gasteiger charge is -2.25. The number of carbonyl (C=O) groups is 2. The first-order valence-electron chi connectivity index (χ1n) is 6.76. The van der Waals surface area contributed by atoms with E-state index in [0.717, 1.165) is 11.3 Å². The van der Waals surface area contributed by atoms with E-state index in [-0.39, 0.29) is 24.2 Å². The Morgan fingerprint density at radius 2 is 2.20 bits per heavy atom. The number of hydrogen-bond acceptors (Lipinski definition) is 3. The zero-order valence-corrected chi connectivity index (χ0v) is 11.5. The molecule has 1 aliphatic rings. The van der Waals surface area contributed by atoms with Crippen LogP contribution in [0.1, 0.15) is 18.9 Å². The number of ether oxygens (including phenoxy) is 1. The second-order valence-corrected chi connectivity index (χ2v) is 5.27. The zero-order chi connectivity index (χ0) is 14.5. The third-order valence-corrected chi connectivity index (χ3v) is 3.40. The van der Waals surface area contributed by atoms with Gasteiger partial charge in [0.05, 0.1) is 5.92 Å². The van der Waals surface area contributed by atoms with Gasteiger partial charge in [0.15, 0.2) is 0 Å². The molecule has 0 bridgehead atoms. The smallest absolute Gasteiger partial charge is 0.303 e. The van der Waals surface area contributed by atoms with Crippen LogP contribution in [0.5, 0.6) is 5.75 Å². The molecule has 1 aliphatic heterocycles. The predicted octanol–water partition coefficient (Wildman–Crippen LogP) is 1.46. The van der Waals surface area contributed by atoms with E-state index in [1.54, 1.807) is 6.92 Å². The van der Waals surface area contributed by atoms with Gasteiger partial charge in [0.1, 0.15) is 12.4 Å². The van der Waals surface area contributed by atoms with Gasteiger partial charge in [0.2, 0.25) is 5.91 Å². The van der Waals surface area contributed by atoms with Gasteiger partial charge in [-0.2, -0.15) is 0 Å². The largest absolute Gasteiger partial charge is 0.492 e. The van der Waals surface area contributed by atoms with Gasteiger partial charge in [-0.05, 0) is 24.0 Å². The molecule has 0 aliphatic carbocycles. The van der Waals surface area contributed by atoms with Crippen LogP contribution in [0, 0.1) is 11.8 Å². The van der Waals surface area contributed by atoms with Crippen LogP contribution in [-0.4, -0.2) is 30.1 Å². The lowest BCUT2D eigenvalue weighted by atomic mass is 9.96. The minimum atomic E-state index is -0.846. The van der Waals surface area contributed by atoms with Crippen molar-refractivity contribution in [3.05, 3.63) is 29.8 Å². The average molecular weight is 277 g/mol. The molecule has 0 saturated heterocycles. The van der Waals surface area contributed by atoms with E-state index >= 15 is 0 Å². The molecule has 2 unspecified atom stereocenters. The molecule has 1 amide bonds. The van der Waals surface area contributed by atoms with Gasteiger partial charge >= 0.3 is 5.97 Å². The van der Waals surface area contributed by atoms with Crippen molar-refractivity contribution in [2.75, 3.05) is 13.2 Å². The molecule has 1 heterocycles. The van der Waals surface area contributed by atoms with Crippen molar-refractivity contribution in [1.82, 2.24) is 5.32 Å². The Morgan fingerprint density at radius 3 is 2.95 bits per heavy atom. The molecule has 0 spiro atoms. The third-order valence-electron chi connectivity index (χ3n) is 3.40. The molecule has 2 rings (SSSR count). The van der Waals surface area contributed by atoms with Crippen LogP contribution in [0.2, 0.25) is 0 Å². The summed E-state index contributed by atoms with van der Waals surface area (Å²) in [6, 6.07) is 7.70. The van der Waals surface area contributed by atoms with Crippen LogP contribution >= 0.6 is 0 Å². The molecule has 0 fully saturated rings. The molecule has 1 aromatic rings. The lowest BCUT2D eigenvalue weighted by molar-refractivity contribution is -0.138. The van der Waals surface area contributed by atoms with Crippen LogP contribution in [0.3, 0.4) is 0 Å². The number of fused-ring (bicyclic) bond motifs is 1. The second kappa shape index (κ2) is 6.41. The summed E-state index contributed by atoms with van der Waals surface area (Å²) < 4.78 is 5.57. The molecule has 2 atom stereocenters. The van der Waals surface area contributed by atoms with E-state index in [1.165, 1.54) is 0 Å². The summed E-state index contributed by atoms with van der Waals surface area (Å²) in [5.74, 6) is -0.357. The Morgan fingerprint density at radius 1 is 1.45 bits per heavy atom. The maximum atomic E-state index is 12.1. The first-order chi connectivity index (χ1) is 9.56. The van der Waals surface area contributed by atoms with Crippen molar-refractivity contribution in [3.63, 3.8) is 0 Å². The van der Waals surface area contributed by atoms with Crippen LogP contribution in [-0.2, 0) is 16.0 Å². The van der Waals surface area contributed by atoms with Crippen LogP contribution in [0.15, 0.2) is 24.3 Å². The van der Waals surface area contributed by atoms with E-state index in [2.05, 4.69) is 5.32 Å². The first-order valence-corrected chi connectivity index (χ1v) is 6.76. The maximum Gasteiger partial charge on any atom is 0.303 e. The molecule has 108 valence electrons. The Kier molecular flexibility index (Phi) is 4.61. The fourth-order valence-electron chi connectivity index (χ4n) is 2.29. The number of benzene rings is 1. The minimum absolute atomic E-state index is 0.0598. The van der Waals surface area contributed by atoms with E-state index in [4.69, 9.17) is 9.84 Å². The van der Waals surface area contributed by atoms with Crippen LogP contribution < -0.4 is 10.1 Å². The second-order valence-electron chi connectivity index (χ2n) is 5.27. The summed E-state index contributed by atoms with van der Waals surface area (Å²) in [5.41, 5.74) is 1.04. The number of amides is 1. The molecule has 1 aromatic carbocycles. The topological polar surface area (TPSA) is 75.6 Å². The molecule has 5 nitrogen and oxygen atoms in total. The fraction of sp³-hybridized carbons (Fsp3) is 0.467. The van der Waals surface area contributed by atoms with E-state index < -0.39 is 5.97 Å². The lowest BCUT2D eigenvalue weighted by Crippen LogP contribution is -2.39. The van der Waals surface area contributed by atoms with Crippen molar-refractivity contribution < 1.29 is 19.4 Å². The fourth-order valence-corrected chi connectivity index (χ4v) is 2.29. The highest BCUT2D eigenvalue weighted by Gasteiger charge is 2.25. The molecule has 0 saturated carbocycles. The molecule has 2 N–H and O–H groups in total. The number of nitrogens with one attached hydrogen (secondary N) is 1. The predicted molar refractivity (Wildman–Crippen MR) is 73.6 cm³/mol. The summed E-state index contributed by atoms with van der Waals surface area (Å²) >= 11 is 0. The first kappa shape index (κ1) is 14.4. The Balaban J connectivity index is 1.84. The van der Waals surface area contributed by atoms with Crippen molar-refractivity contribution in [1.29, 1.82) is 0 Å². The van der Waals surface area contributed by atoms with Crippen LogP contribution in [0.25, 0.3) is 0 Å². The standard InChI is InChI=1S/C15H19NO4/c1-10(6-14(17)18)8-16-15(19)12-7-11-4-2-3-5-13(11)20-9-12/h2-5,10,12H,6-9H2,1H3,(H,16,19)(H,17,18). The molecule has 0 radical (unpaired) electrons. The molecule has 0 aromatic heterocycles. The number of para-hydroxylation sites is 1. The van der Waals surface area contributed by atoms with E-state index in [0.29, 0.717) is 19.6 Å². The van der Waals surface area contributed by atoms with Gasteiger partial charge in [-0.1, -0.05) is 25.1 Å². The average Bonchev–Trinajstić information content (AvgIpc) is 2.43. The Labute approximate surface area is 117 Å². The summed E-state index contributed by atoms with van der Waals surface area (Å²) in [7, 11) is 0. The molecular weight excluding hydrogens is 258 g/mol. The Hall–Kier alpha value is -2.04. The van der Waals surface area contributed by atoms with Crippen LogP contribution in [0.4, 0.5) is 0 Å². The van der Waals surface area contributed by atoms with Gasteiger partial charge < -0.3 is 15.2 Å². The third kappa shape index (κ3) is 3.73. The number of aliphatic carboxylic acids is 1. The number of rotatable bonds is 5. The highest BCUT2D eigenvalue weighted by molar-refractivity contribution is 5.79. The molecular formula is C15H19NO4. The quantitative estimate of drug-likeness (QED) is 0.854. The van der Waals surface area contributed by atoms with Gasteiger partial charge in [0, 0.05) is 13.0 Å². The van der Waals surface area contributed by atoms with Crippen molar-refractivity contribution in [3.8, 4) is 5.75 Å². The monoisotopic (exact) mass is 277 g/mol. The SMILES string of the molecule is CC(CNC(=O)C1COc2ccccc2C1)CC(=O)O. The van der Waals surface area contributed by atoms with E-state index in [1.807, 2.05) is 24.3 Å². The number of carbonyl (C=O) groups excluding carboxylic acids is 1. The minimum Gasteiger partial charge on any atom is -0.492 e. The molecule has 5 heteroatoms. The number of hydrogen-bond donors (Lipinski definition) is 2. The van der Waals surface area contributed by atoms with Gasteiger partial charge in [-0.3, -0.25) is 9.59 Å². The van der Waals surface area contributed by atoms with Gasteiger partial charge in [-0.25, -0.2) is 0 Å². The van der Waals surface area contributed by atoms with Crippen molar-refractivity contribution in [2.24, 2.45) is 11.8 Å². The summed E-state index contributed by atoms with van der Waals surface area (Å²) in [6.45, 7) is 2.56. The maximum absolute atomic E-state index is 12.1. The Bertz CT molecular complexity index is 500. The highest BCUT2D eigenvalue weighted by Crippen LogP contribution is 2.26. The number of carboxylic acids is 1. The van der Waals surface area contributed by atoms with E-state index in [9.17, 15) is 9.59 Å². The summed E-state index contributed by atoms with van der Waals surface area (Å²) in [6.07, 6.45) is 0.722.